The maximum Gasteiger partial charge on any atom is 0.322 e. The summed E-state index contributed by atoms with van der Waals surface area (Å²) in [4.78, 5) is 11.5. The third-order valence-corrected chi connectivity index (χ3v) is 4.44. The van der Waals surface area contributed by atoms with E-state index in [2.05, 4.69) is 14.8 Å². The molecule has 0 aliphatic heterocycles. The van der Waals surface area contributed by atoms with E-state index in [1.807, 2.05) is 6.92 Å². The number of sulfonamides is 1. The topological polar surface area (TPSA) is 84.5 Å². The number of carbonyl (C=O) groups excluding carboxylic acids is 1. The molecule has 7 heteroatoms. The quantitative estimate of drug-likeness (QED) is 0.759. The van der Waals surface area contributed by atoms with Gasteiger partial charge in [-0.2, -0.15) is 0 Å². The lowest BCUT2D eigenvalue weighted by molar-refractivity contribution is -0.142. The molecule has 0 bridgehead atoms. The summed E-state index contributed by atoms with van der Waals surface area (Å²) in [5, 5.41) is 3.08. The maximum atomic E-state index is 11.6. The minimum Gasteiger partial charge on any atom is -0.468 e. The lowest BCUT2D eigenvalue weighted by Gasteiger charge is -2.18. The van der Waals surface area contributed by atoms with E-state index in [0.29, 0.717) is 0 Å². The molecule has 1 rings (SSSR count). The highest BCUT2D eigenvalue weighted by Crippen LogP contribution is 2.16. The second-order valence-corrected chi connectivity index (χ2v) is 6.30. The minimum absolute atomic E-state index is 0.101. The highest BCUT2D eigenvalue weighted by Gasteiger charge is 2.17. The number of rotatable bonds is 6. The first kappa shape index (κ1) is 16.6. The molecule has 0 fully saturated rings. The highest BCUT2D eigenvalue weighted by molar-refractivity contribution is 7.89. The van der Waals surface area contributed by atoms with Crippen LogP contribution < -0.4 is 10.0 Å². The predicted octanol–water partition coefficient (Wildman–Crippen LogP) is 0.807. The number of ether oxygens (including phenoxy) is 1. The largest absolute Gasteiger partial charge is 0.468 e. The lowest BCUT2D eigenvalue weighted by Crippen LogP contribution is -2.36. The van der Waals surface area contributed by atoms with Crippen molar-refractivity contribution < 1.29 is 17.9 Å². The second-order valence-electron chi connectivity index (χ2n) is 4.41. The molecule has 0 radical (unpaired) electrons. The Hall–Kier alpha value is -1.44. The number of nitrogens with one attached hydrogen (secondary N) is 2. The minimum atomic E-state index is -3.43. The van der Waals surface area contributed by atoms with Crippen molar-refractivity contribution in [2.45, 2.75) is 30.8 Å². The Balaban J connectivity index is 2.81. The van der Waals surface area contributed by atoms with Crippen LogP contribution >= 0.6 is 0 Å². The summed E-state index contributed by atoms with van der Waals surface area (Å²) in [6.07, 6.45) is 0. The molecule has 0 saturated carbocycles. The zero-order chi connectivity index (χ0) is 15.3. The number of hydrogen-bond donors (Lipinski definition) is 2. The van der Waals surface area contributed by atoms with E-state index in [-0.39, 0.29) is 16.9 Å². The van der Waals surface area contributed by atoms with Gasteiger partial charge in [-0.1, -0.05) is 12.1 Å². The van der Waals surface area contributed by atoms with Crippen LogP contribution in [0, 0.1) is 0 Å². The number of carbonyl (C=O) groups is 1. The first-order chi connectivity index (χ1) is 9.31. The first-order valence-electron chi connectivity index (χ1n) is 6.19. The molecule has 0 spiro atoms. The molecule has 0 aliphatic carbocycles. The number of hydrogen-bond acceptors (Lipinski definition) is 5. The normalized spacial score (nSPS) is 14.6. The van der Waals surface area contributed by atoms with E-state index < -0.39 is 16.1 Å². The molecule has 0 saturated heterocycles. The van der Waals surface area contributed by atoms with Crippen LogP contribution in [-0.4, -0.2) is 34.6 Å². The van der Waals surface area contributed by atoms with Crippen molar-refractivity contribution >= 4 is 16.0 Å². The van der Waals surface area contributed by atoms with Crippen LogP contribution in [0.15, 0.2) is 29.2 Å². The molecular weight excluding hydrogens is 280 g/mol. The van der Waals surface area contributed by atoms with E-state index in [1.54, 1.807) is 19.1 Å². The first-order valence-corrected chi connectivity index (χ1v) is 7.67. The van der Waals surface area contributed by atoms with Gasteiger partial charge in [-0.05, 0) is 38.6 Å². The molecule has 1 aromatic rings. The number of benzene rings is 1. The molecule has 20 heavy (non-hydrogen) atoms. The smallest absolute Gasteiger partial charge is 0.322 e. The lowest BCUT2D eigenvalue weighted by atomic mass is 10.1. The van der Waals surface area contributed by atoms with E-state index >= 15 is 0 Å². The summed E-state index contributed by atoms with van der Waals surface area (Å²) in [6, 6.07) is 5.95. The molecule has 0 aromatic heterocycles. The predicted molar refractivity (Wildman–Crippen MR) is 75.7 cm³/mol. The van der Waals surface area contributed by atoms with Gasteiger partial charge in [-0.25, -0.2) is 13.1 Å². The Morgan fingerprint density at radius 2 is 1.75 bits per heavy atom. The third kappa shape index (κ3) is 4.03. The monoisotopic (exact) mass is 300 g/mol. The van der Waals surface area contributed by atoms with Gasteiger partial charge in [-0.3, -0.25) is 10.1 Å². The van der Waals surface area contributed by atoms with E-state index in [4.69, 9.17) is 0 Å². The number of methoxy groups -OCH3 is 1. The van der Waals surface area contributed by atoms with Crippen LogP contribution in [-0.2, 0) is 19.6 Å². The van der Waals surface area contributed by atoms with Gasteiger partial charge in [0.2, 0.25) is 10.0 Å². The van der Waals surface area contributed by atoms with Crippen molar-refractivity contribution in [3.63, 3.8) is 0 Å². The van der Waals surface area contributed by atoms with Crippen LogP contribution in [0.2, 0.25) is 0 Å². The fourth-order valence-electron chi connectivity index (χ4n) is 1.77. The van der Waals surface area contributed by atoms with Gasteiger partial charge >= 0.3 is 5.97 Å². The third-order valence-electron chi connectivity index (χ3n) is 3.01. The molecule has 0 amide bonds. The van der Waals surface area contributed by atoms with Gasteiger partial charge in [0, 0.05) is 6.04 Å². The zero-order valence-electron chi connectivity index (χ0n) is 12.0. The SMILES string of the molecule is CNS(=O)(=O)c1ccc([C@H](C)N[C@@H](C)C(=O)OC)cc1. The van der Waals surface area contributed by atoms with Crippen LogP contribution in [0.4, 0.5) is 0 Å². The molecule has 2 N–H and O–H groups in total. The summed E-state index contributed by atoms with van der Waals surface area (Å²) in [5.41, 5.74) is 0.885. The van der Waals surface area contributed by atoms with Crippen LogP contribution in [0.25, 0.3) is 0 Å². The van der Waals surface area contributed by atoms with Gasteiger partial charge in [-0.15, -0.1) is 0 Å². The Morgan fingerprint density at radius 1 is 1.20 bits per heavy atom. The number of esters is 1. The van der Waals surface area contributed by atoms with Crippen molar-refractivity contribution in [2.75, 3.05) is 14.2 Å². The molecular formula is C13H20N2O4S. The molecule has 0 heterocycles. The summed E-state index contributed by atoms with van der Waals surface area (Å²) >= 11 is 0. The van der Waals surface area contributed by atoms with E-state index in [9.17, 15) is 13.2 Å². The Kier molecular flexibility index (Phi) is 5.67. The Labute approximate surface area is 119 Å². The molecule has 2 atom stereocenters. The fraction of sp³-hybridized carbons (Fsp3) is 0.462. The molecule has 0 aliphatic rings. The average Bonchev–Trinajstić information content (AvgIpc) is 2.46. The highest BCUT2D eigenvalue weighted by atomic mass is 32.2. The van der Waals surface area contributed by atoms with Crippen molar-refractivity contribution in [3.8, 4) is 0 Å². The average molecular weight is 300 g/mol. The van der Waals surface area contributed by atoms with Crippen molar-refractivity contribution in [1.82, 2.24) is 10.0 Å². The van der Waals surface area contributed by atoms with Crippen molar-refractivity contribution in [1.29, 1.82) is 0 Å². The molecule has 6 nitrogen and oxygen atoms in total. The summed E-state index contributed by atoms with van der Waals surface area (Å²) < 4.78 is 30.1. The maximum absolute atomic E-state index is 11.6. The molecule has 112 valence electrons. The van der Waals surface area contributed by atoms with Gasteiger partial charge < -0.3 is 4.74 Å². The van der Waals surface area contributed by atoms with E-state index in [0.717, 1.165) is 5.56 Å². The summed E-state index contributed by atoms with van der Waals surface area (Å²) in [6.45, 7) is 3.60. The summed E-state index contributed by atoms with van der Waals surface area (Å²) in [5.74, 6) is -0.341. The molecule has 1 aromatic carbocycles. The van der Waals surface area contributed by atoms with Gasteiger partial charge in [0.25, 0.3) is 0 Å². The van der Waals surface area contributed by atoms with Crippen molar-refractivity contribution in [3.05, 3.63) is 29.8 Å². The van der Waals surface area contributed by atoms with Gasteiger partial charge in [0.15, 0.2) is 0 Å². The standard InChI is InChI=1S/C13H20N2O4S/c1-9(15-10(2)13(16)19-4)11-5-7-12(8-6-11)20(17,18)14-3/h5-10,14-15H,1-4H3/t9-,10-/m0/s1. The second kappa shape index (κ2) is 6.83. The zero-order valence-corrected chi connectivity index (χ0v) is 12.8. The van der Waals surface area contributed by atoms with Gasteiger partial charge in [0.1, 0.15) is 6.04 Å². The van der Waals surface area contributed by atoms with Crippen molar-refractivity contribution in [2.24, 2.45) is 0 Å². The Bertz CT molecular complexity index is 554. The summed E-state index contributed by atoms with van der Waals surface area (Å²) in [7, 11) is -0.723. The van der Waals surface area contributed by atoms with Crippen LogP contribution in [0.5, 0.6) is 0 Å². The fourth-order valence-corrected chi connectivity index (χ4v) is 2.50. The molecule has 0 unspecified atom stereocenters. The van der Waals surface area contributed by atoms with Crippen LogP contribution in [0.3, 0.4) is 0 Å². The van der Waals surface area contributed by atoms with Gasteiger partial charge in [0.05, 0.1) is 12.0 Å². The van der Waals surface area contributed by atoms with Crippen LogP contribution in [0.1, 0.15) is 25.5 Å². The van der Waals surface area contributed by atoms with E-state index in [1.165, 1.54) is 26.3 Å². The Morgan fingerprint density at radius 3 is 2.20 bits per heavy atom.